The lowest BCUT2D eigenvalue weighted by molar-refractivity contribution is 0.0993. The van der Waals surface area contributed by atoms with Crippen molar-refractivity contribution in [3.05, 3.63) is 63.6 Å². The Kier molecular flexibility index (Phi) is 4.71. The molecule has 21 heavy (non-hydrogen) atoms. The van der Waals surface area contributed by atoms with E-state index in [1.807, 2.05) is 0 Å². The Morgan fingerprint density at radius 3 is 2.43 bits per heavy atom. The minimum Gasteiger partial charge on any atom is -0.294 e. The molecular formula is C15H12Cl2O3S. The third-order valence-corrected chi connectivity index (χ3v) is 4.94. The fourth-order valence-corrected chi connectivity index (χ4v) is 2.91. The summed E-state index contributed by atoms with van der Waals surface area (Å²) >= 11 is 12.0. The number of halogens is 2. The summed E-state index contributed by atoms with van der Waals surface area (Å²) in [5.41, 5.74) is 0.938. The number of sulfone groups is 1. The van der Waals surface area contributed by atoms with Crippen LogP contribution in [-0.4, -0.2) is 20.5 Å². The van der Waals surface area contributed by atoms with E-state index in [2.05, 4.69) is 0 Å². The lowest BCUT2D eigenvalue weighted by Crippen LogP contribution is -2.06. The summed E-state index contributed by atoms with van der Waals surface area (Å²) in [5.74, 6) is -0.218. The molecule has 0 amide bonds. The molecule has 110 valence electrons. The molecule has 3 nitrogen and oxygen atoms in total. The van der Waals surface area contributed by atoms with Gasteiger partial charge in [0.05, 0.1) is 14.9 Å². The quantitative estimate of drug-likeness (QED) is 0.793. The Balaban J connectivity index is 2.31. The average Bonchev–Trinajstić information content (AvgIpc) is 2.43. The van der Waals surface area contributed by atoms with E-state index >= 15 is 0 Å². The minimum atomic E-state index is -3.35. The largest absolute Gasteiger partial charge is 0.294 e. The molecule has 0 atom stereocenters. The van der Waals surface area contributed by atoms with Gasteiger partial charge in [0.15, 0.2) is 15.6 Å². The van der Waals surface area contributed by atoms with Crippen LogP contribution in [0.3, 0.4) is 0 Å². The Bertz CT molecular complexity index is 798. The third-order valence-electron chi connectivity index (χ3n) is 2.97. The molecular weight excluding hydrogens is 331 g/mol. The summed E-state index contributed by atoms with van der Waals surface area (Å²) in [7, 11) is -3.35. The van der Waals surface area contributed by atoms with Crippen molar-refractivity contribution in [2.45, 2.75) is 11.3 Å². The van der Waals surface area contributed by atoms with Crippen LogP contribution < -0.4 is 0 Å². The van der Waals surface area contributed by atoms with Gasteiger partial charge in [0.2, 0.25) is 0 Å². The van der Waals surface area contributed by atoms with E-state index in [-0.39, 0.29) is 17.1 Å². The molecule has 0 N–H and O–H groups in total. The molecule has 0 saturated carbocycles. The highest BCUT2D eigenvalue weighted by Gasteiger charge is 2.14. The molecule has 0 radical (unpaired) electrons. The number of hydrogen-bond donors (Lipinski definition) is 0. The van der Waals surface area contributed by atoms with E-state index in [1.54, 1.807) is 30.3 Å². The molecule has 6 heteroatoms. The van der Waals surface area contributed by atoms with Crippen LogP contribution in [0.15, 0.2) is 47.4 Å². The summed E-state index contributed by atoms with van der Waals surface area (Å²) in [6.45, 7) is 0. The normalized spacial score (nSPS) is 11.4. The van der Waals surface area contributed by atoms with E-state index in [0.717, 1.165) is 6.26 Å². The number of rotatable bonds is 4. The average molecular weight is 343 g/mol. The first-order chi connectivity index (χ1) is 9.79. The van der Waals surface area contributed by atoms with Gasteiger partial charge in [0, 0.05) is 18.2 Å². The van der Waals surface area contributed by atoms with Gasteiger partial charge in [-0.05, 0) is 23.8 Å². The van der Waals surface area contributed by atoms with E-state index in [0.29, 0.717) is 21.2 Å². The minimum absolute atomic E-state index is 0.0621. The van der Waals surface area contributed by atoms with Crippen molar-refractivity contribution in [2.75, 3.05) is 6.26 Å². The zero-order valence-corrected chi connectivity index (χ0v) is 13.5. The highest BCUT2D eigenvalue weighted by atomic mass is 35.5. The molecule has 0 aliphatic heterocycles. The first-order valence-corrected chi connectivity index (χ1v) is 8.70. The fourth-order valence-electron chi connectivity index (χ4n) is 1.86. The molecule has 2 rings (SSSR count). The fraction of sp³-hybridized carbons (Fsp3) is 0.133. The molecule has 0 saturated heterocycles. The van der Waals surface area contributed by atoms with Crippen molar-refractivity contribution in [1.29, 1.82) is 0 Å². The van der Waals surface area contributed by atoms with Crippen molar-refractivity contribution in [1.82, 2.24) is 0 Å². The van der Waals surface area contributed by atoms with Gasteiger partial charge in [-0.2, -0.15) is 0 Å². The Morgan fingerprint density at radius 2 is 1.76 bits per heavy atom. The molecule has 0 bridgehead atoms. The monoisotopic (exact) mass is 342 g/mol. The SMILES string of the molecule is CS(=O)(=O)c1cccc(C(=O)Cc2cccc(Cl)c2Cl)c1. The van der Waals surface area contributed by atoms with Gasteiger partial charge in [0.1, 0.15) is 0 Å². The smallest absolute Gasteiger partial charge is 0.175 e. The van der Waals surface area contributed by atoms with Gasteiger partial charge in [-0.15, -0.1) is 0 Å². The molecule has 2 aromatic carbocycles. The van der Waals surface area contributed by atoms with Crippen LogP contribution >= 0.6 is 23.2 Å². The van der Waals surface area contributed by atoms with Crippen molar-refractivity contribution >= 4 is 38.8 Å². The van der Waals surface area contributed by atoms with E-state index in [1.165, 1.54) is 12.1 Å². The molecule has 0 spiro atoms. The van der Waals surface area contributed by atoms with Crippen LogP contribution in [0.5, 0.6) is 0 Å². The predicted molar refractivity (Wildman–Crippen MR) is 84.0 cm³/mol. The first kappa shape index (κ1) is 16.0. The maximum atomic E-state index is 12.3. The summed E-state index contributed by atoms with van der Waals surface area (Å²) in [4.78, 5) is 12.4. The van der Waals surface area contributed by atoms with Gasteiger partial charge in [-0.3, -0.25) is 4.79 Å². The first-order valence-electron chi connectivity index (χ1n) is 6.05. The van der Waals surface area contributed by atoms with Crippen LogP contribution in [0.25, 0.3) is 0 Å². The Hall–Kier alpha value is -1.36. The van der Waals surface area contributed by atoms with Crippen LogP contribution in [0, 0.1) is 0 Å². The summed E-state index contributed by atoms with van der Waals surface area (Å²) in [5, 5.41) is 0.721. The molecule has 0 fully saturated rings. The second-order valence-corrected chi connectivity index (χ2v) is 7.41. The molecule has 2 aromatic rings. The highest BCUT2D eigenvalue weighted by Crippen LogP contribution is 2.26. The maximum absolute atomic E-state index is 12.3. The van der Waals surface area contributed by atoms with Gasteiger partial charge in [0.25, 0.3) is 0 Å². The number of carbonyl (C=O) groups excluding carboxylic acids is 1. The van der Waals surface area contributed by atoms with E-state index in [9.17, 15) is 13.2 Å². The number of Topliss-reactive ketones (excluding diaryl/α,β-unsaturated/α-hetero) is 1. The van der Waals surface area contributed by atoms with E-state index < -0.39 is 9.84 Å². The van der Waals surface area contributed by atoms with Gasteiger partial charge < -0.3 is 0 Å². The molecule has 0 unspecified atom stereocenters. The van der Waals surface area contributed by atoms with Gasteiger partial charge in [-0.25, -0.2) is 8.42 Å². The predicted octanol–water partition coefficient (Wildman–Crippen LogP) is 3.82. The number of hydrogen-bond acceptors (Lipinski definition) is 3. The molecule has 0 aliphatic carbocycles. The number of carbonyl (C=O) groups is 1. The highest BCUT2D eigenvalue weighted by molar-refractivity contribution is 7.90. The second kappa shape index (κ2) is 6.18. The van der Waals surface area contributed by atoms with Crippen molar-refractivity contribution in [3.63, 3.8) is 0 Å². The lowest BCUT2D eigenvalue weighted by atomic mass is 10.0. The summed E-state index contributed by atoms with van der Waals surface area (Å²) in [6, 6.07) is 11.0. The van der Waals surface area contributed by atoms with Crippen LogP contribution in [0.2, 0.25) is 10.0 Å². The zero-order valence-electron chi connectivity index (χ0n) is 11.1. The maximum Gasteiger partial charge on any atom is 0.175 e. The Morgan fingerprint density at radius 1 is 1.10 bits per heavy atom. The number of benzene rings is 2. The standard InChI is InChI=1S/C15H12Cl2O3S/c1-21(19,20)12-6-2-4-10(8-12)14(18)9-11-5-3-7-13(16)15(11)17/h2-8H,9H2,1H3. The summed E-state index contributed by atoms with van der Waals surface area (Å²) in [6.07, 6.45) is 1.16. The van der Waals surface area contributed by atoms with Crippen LogP contribution in [-0.2, 0) is 16.3 Å². The van der Waals surface area contributed by atoms with Gasteiger partial charge >= 0.3 is 0 Å². The van der Waals surface area contributed by atoms with Crippen molar-refractivity contribution in [2.24, 2.45) is 0 Å². The Labute approximate surface area is 133 Å². The second-order valence-electron chi connectivity index (χ2n) is 4.61. The topological polar surface area (TPSA) is 51.2 Å². The zero-order chi connectivity index (χ0) is 15.6. The molecule has 0 aliphatic rings. The van der Waals surface area contributed by atoms with Gasteiger partial charge in [-0.1, -0.05) is 47.5 Å². The third kappa shape index (κ3) is 3.84. The van der Waals surface area contributed by atoms with E-state index in [4.69, 9.17) is 23.2 Å². The van der Waals surface area contributed by atoms with Crippen molar-refractivity contribution in [3.8, 4) is 0 Å². The van der Waals surface area contributed by atoms with Crippen LogP contribution in [0.1, 0.15) is 15.9 Å². The molecule has 0 aromatic heterocycles. The van der Waals surface area contributed by atoms with Crippen molar-refractivity contribution < 1.29 is 13.2 Å². The number of ketones is 1. The molecule has 0 heterocycles. The lowest BCUT2D eigenvalue weighted by Gasteiger charge is -2.06. The van der Waals surface area contributed by atoms with Crippen LogP contribution in [0.4, 0.5) is 0 Å². The summed E-state index contributed by atoms with van der Waals surface area (Å²) < 4.78 is 23.0.